The molecule has 0 spiro atoms. The molecule has 0 fully saturated rings. The van der Waals surface area contributed by atoms with E-state index in [1.165, 1.54) is 17.7 Å². The van der Waals surface area contributed by atoms with Gasteiger partial charge in [-0.2, -0.15) is 4.37 Å². The second-order valence-electron chi connectivity index (χ2n) is 4.25. The fraction of sp³-hybridized carbons (Fsp3) is 0.0769. The summed E-state index contributed by atoms with van der Waals surface area (Å²) in [6.45, 7) is 3.58. The molecule has 8 heteroatoms. The minimum atomic E-state index is -1.33. The number of aromatic nitrogens is 2. The van der Waals surface area contributed by atoms with Crippen molar-refractivity contribution in [1.82, 2.24) is 14.3 Å². The standard InChI is InChI=1S/C13H8FN3O3S/c1-2-8-5-9(21-16-8)11-10-7(3-4-15-11)6-17(12(10)18)13(19)20-14/h2-5H,1,6H2. The molecular formula is C13H8FN3O3S. The zero-order valence-electron chi connectivity index (χ0n) is 10.6. The van der Waals surface area contributed by atoms with E-state index in [4.69, 9.17) is 0 Å². The Labute approximate surface area is 122 Å². The number of nitrogens with zero attached hydrogens (tertiary/aromatic N) is 3. The number of fused-ring (bicyclic) bond motifs is 1. The number of rotatable bonds is 2. The molecule has 0 saturated heterocycles. The van der Waals surface area contributed by atoms with Crippen molar-refractivity contribution in [1.29, 1.82) is 0 Å². The summed E-state index contributed by atoms with van der Waals surface area (Å²) in [5.41, 5.74) is 1.93. The van der Waals surface area contributed by atoms with Crippen LogP contribution in [0, 0.1) is 0 Å². The average Bonchev–Trinajstić information content (AvgIpc) is 3.11. The summed E-state index contributed by atoms with van der Waals surface area (Å²) in [7, 11) is 0. The number of halogens is 1. The number of imide groups is 1. The van der Waals surface area contributed by atoms with E-state index in [1.54, 1.807) is 18.2 Å². The van der Waals surface area contributed by atoms with Crippen LogP contribution in [-0.2, 0) is 11.5 Å². The monoisotopic (exact) mass is 305 g/mol. The minimum absolute atomic E-state index is 0.0421. The third-order valence-corrected chi connectivity index (χ3v) is 3.89. The van der Waals surface area contributed by atoms with Gasteiger partial charge in [0, 0.05) is 10.7 Å². The van der Waals surface area contributed by atoms with Crippen molar-refractivity contribution in [3.05, 3.63) is 41.7 Å². The van der Waals surface area contributed by atoms with Crippen LogP contribution < -0.4 is 0 Å². The van der Waals surface area contributed by atoms with Crippen molar-refractivity contribution in [2.45, 2.75) is 6.54 Å². The summed E-state index contributed by atoms with van der Waals surface area (Å²) in [4.78, 5) is 32.2. The van der Waals surface area contributed by atoms with E-state index in [0.29, 0.717) is 26.7 Å². The maximum Gasteiger partial charge on any atom is 0.454 e. The number of carbonyl (C=O) groups is 2. The number of hydrogen-bond acceptors (Lipinski definition) is 6. The molecule has 3 heterocycles. The normalized spacial score (nSPS) is 13.2. The molecule has 0 aliphatic carbocycles. The smallest absolute Gasteiger partial charge is 0.268 e. The van der Waals surface area contributed by atoms with Crippen LogP contribution in [0.15, 0.2) is 24.9 Å². The van der Waals surface area contributed by atoms with Gasteiger partial charge >= 0.3 is 6.09 Å². The predicted octanol–water partition coefficient (Wildman–Crippen LogP) is 2.83. The zero-order valence-corrected chi connectivity index (χ0v) is 11.4. The first kappa shape index (κ1) is 13.4. The molecule has 0 saturated carbocycles. The van der Waals surface area contributed by atoms with Gasteiger partial charge < -0.3 is 0 Å². The predicted molar refractivity (Wildman–Crippen MR) is 72.9 cm³/mol. The highest BCUT2D eigenvalue weighted by molar-refractivity contribution is 7.09. The molecular weight excluding hydrogens is 297 g/mol. The van der Waals surface area contributed by atoms with E-state index in [2.05, 4.69) is 20.9 Å². The van der Waals surface area contributed by atoms with Gasteiger partial charge in [0.15, 0.2) is 0 Å². The fourth-order valence-corrected chi connectivity index (χ4v) is 2.87. The summed E-state index contributed by atoms with van der Waals surface area (Å²) < 4.78 is 16.2. The first-order chi connectivity index (χ1) is 10.2. The van der Waals surface area contributed by atoms with Gasteiger partial charge in [-0.05, 0) is 35.3 Å². The van der Waals surface area contributed by atoms with Crippen molar-refractivity contribution >= 4 is 29.6 Å². The Morgan fingerprint density at radius 2 is 2.38 bits per heavy atom. The average molecular weight is 305 g/mol. The van der Waals surface area contributed by atoms with E-state index >= 15 is 0 Å². The van der Waals surface area contributed by atoms with E-state index < -0.39 is 12.0 Å². The van der Waals surface area contributed by atoms with Gasteiger partial charge in [0.1, 0.15) is 0 Å². The molecule has 2 amide bonds. The highest BCUT2D eigenvalue weighted by Crippen LogP contribution is 2.33. The second kappa shape index (κ2) is 5.06. The number of hydrogen-bond donors (Lipinski definition) is 0. The van der Waals surface area contributed by atoms with Crippen LogP contribution in [0.3, 0.4) is 0 Å². The largest absolute Gasteiger partial charge is 0.454 e. The maximum atomic E-state index is 12.3. The number of amides is 2. The summed E-state index contributed by atoms with van der Waals surface area (Å²) in [5, 5.41) is 0. The minimum Gasteiger partial charge on any atom is -0.268 e. The Morgan fingerprint density at radius 1 is 1.57 bits per heavy atom. The lowest BCUT2D eigenvalue weighted by Gasteiger charge is -2.08. The van der Waals surface area contributed by atoms with Crippen molar-refractivity contribution < 1.29 is 19.1 Å². The zero-order chi connectivity index (χ0) is 15.0. The maximum absolute atomic E-state index is 12.3. The van der Waals surface area contributed by atoms with Gasteiger partial charge in [0.2, 0.25) is 0 Å². The molecule has 2 aromatic heterocycles. The molecule has 0 unspecified atom stereocenters. The highest BCUT2D eigenvalue weighted by Gasteiger charge is 2.36. The molecule has 2 aromatic rings. The second-order valence-corrected chi connectivity index (χ2v) is 5.05. The van der Waals surface area contributed by atoms with Crippen LogP contribution in [0.25, 0.3) is 16.6 Å². The lowest BCUT2D eigenvalue weighted by Crippen LogP contribution is -2.30. The third kappa shape index (κ3) is 2.09. The molecule has 0 aromatic carbocycles. The summed E-state index contributed by atoms with van der Waals surface area (Å²) in [5.74, 6) is -0.635. The first-order valence-corrected chi connectivity index (χ1v) is 6.65. The third-order valence-electron chi connectivity index (χ3n) is 3.08. The van der Waals surface area contributed by atoms with Crippen LogP contribution in [0.2, 0.25) is 0 Å². The molecule has 6 nitrogen and oxygen atoms in total. The van der Waals surface area contributed by atoms with Crippen molar-refractivity contribution in [3.63, 3.8) is 0 Å². The Hall–Kier alpha value is -2.61. The van der Waals surface area contributed by atoms with Crippen LogP contribution in [-0.4, -0.2) is 26.3 Å². The van der Waals surface area contributed by atoms with Gasteiger partial charge in [0.05, 0.1) is 28.4 Å². The Bertz CT molecular complexity index is 759. The lowest BCUT2D eigenvalue weighted by molar-refractivity contribution is -0.0759. The molecule has 0 atom stereocenters. The lowest BCUT2D eigenvalue weighted by atomic mass is 10.1. The van der Waals surface area contributed by atoms with Crippen LogP contribution >= 0.6 is 11.5 Å². The molecule has 0 bridgehead atoms. The fourth-order valence-electron chi connectivity index (χ4n) is 2.12. The van der Waals surface area contributed by atoms with Crippen LogP contribution in [0.4, 0.5) is 9.32 Å². The van der Waals surface area contributed by atoms with Crippen molar-refractivity contribution in [2.24, 2.45) is 0 Å². The Kier molecular flexibility index (Phi) is 3.22. The highest BCUT2D eigenvalue weighted by atomic mass is 32.1. The number of pyridine rings is 1. The molecule has 1 aliphatic heterocycles. The Balaban J connectivity index is 2.08. The van der Waals surface area contributed by atoms with E-state index in [1.807, 2.05) is 0 Å². The van der Waals surface area contributed by atoms with Gasteiger partial charge in [-0.1, -0.05) is 6.58 Å². The number of carbonyl (C=O) groups excluding carboxylic acids is 2. The van der Waals surface area contributed by atoms with Crippen LogP contribution in [0.1, 0.15) is 21.6 Å². The summed E-state index contributed by atoms with van der Waals surface area (Å²) >= 11 is 1.17. The van der Waals surface area contributed by atoms with Crippen molar-refractivity contribution in [3.8, 4) is 10.6 Å². The Morgan fingerprint density at radius 3 is 3.05 bits per heavy atom. The van der Waals surface area contributed by atoms with Gasteiger partial charge in [-0.25, -0.2) is 14.6 Å². The van der Waals surface area contributed by atoms with E-state index in [0.717, 1.165) is 0 Å². The molecule has 21 heavy (non-hydrogen) atoms. The van der Waals surface area contributed by atoms with E-state index in [9.17, 15) is 14.1 Å². The van der Waals surface area contributed by atoms with Gasteiger partial charge in [-0.15, -0.1) is 0 Å². The van der Waals surface area contributed by atoms with Crippen molar-refractivity contribution in [2.75, 3.05) is 0 Å². The molecule has 0 N–H and O–H groups in total. The quantitative estimate of drug-likeness (QED) is 0.853. The topological polar surface area (TPSA) is 72.4 Å². The molecule has 0 radical (unpaired) electrons. The first-order valence-electron chi connectivity index (χ1n) is 5.87. The molecule has 1 aliphatic rings. The summed E-state index contributed by atoms with van der Waals surface area (Å²) in [6, 6.07) is 3.35. The van der Waals surface area contributed by atoms with E-state index in [-0.39, 0.29) is 12.1 Å². The molecule has 3 rings (SSSR count). The SMILES string of the molecule is C=Cc1cc(-c2nccc3c2C(=O)N(C(=O)OF)C3)sn1. The van der Waals surface area contributed by atoms with Gasteiger partial charge in [0.25, 0.3) is 5.91 Å². The summed E-state index contributed by atoms with van der Waals surface area (Å²) in [6.07, 6.45) is 1.77. The molecule has 106 valence electrons. The van der Waals surface area contributed by atoms with Crippen LogP contribution in [0.5, 0.6) is 0 Å². The van der Waals surface area contributed by atoms with Gasteiger partial charge in [-0.3, -0.25) is 9.78 Å².